The number of aryl methyl sites for hydroxylation is 1. The van der Waals surface area contributed by atoms with Crippen LogP contribution in [-0.2, 0) is 0 Å². The second-order valence-corrected chi connectivity index (χ2v) is 10.0. The van der Waals surface area contributed by atoms with Crippen LogP contribution in [0.3, 0.4) is 0 Å². The third-order valence-electron chi connectivity index (χ3n) is 5.80. The zero-order chi connectivity index (χ0) is 27.6. The summed E-state index contributed by atoms with van der Waals surface area (Å²) >= 11 is 18.9. The first kappa shape index (κ1) is 27.6. The summed E-state index contributed by atoms with van der Waals surface area (Å²) in [5.41, 5.74) is 6.76. The number of nitrogens with zero attached hydrogens (tertiary/aromatic N) is 1. The van der Waals surface area contributed by atoms with Gasteiger partial charge in [-0.2, -0.15) is 0 Å². The van der Waals surface area contributed by atoms with Crippen molar-refractivity contribution < 1.29 is 8.78 Å². The second-order valence-electron chi connectivity index (χ2n) is 8.77. The maximum Gasteiger partial charge on any atom is 0.159 e. The smallest absolute Gasteiger partial charge is 0.159 e. The van der Waals surface area contributed by atoms with E-state index in [1.807, 2.05) is 38.1 Å². The molecule has 1 aromatic heterocycles. The minimum atomic E-state index is -0.946. The van der Waals surface area contributed by atoms with Crippen LogP contribution in [0.15, 0.2) is 91.7 Å². The van der Waals surface area contributed by atoms with E-state index in [9.17, 15) is 8.78 Å². The van der Waals surface area contributed by atoms with Crippen LogP contribution < -0.4 is 5.32 Å². The van der Waals surface area contributed by atoms with Gasteiger partial charge in [0.05, 0.1) is 10.7 Å². The van der Waals surface area contributed by atoms with Crippen molar-refractivity contribution in [2.24, 2.45) is 0 Å². The standard InChI is InChI=1S/C31H23Cl3F2N2/c1-17(2)37-30(13-18(3)21-7-12-28(35)29(36)14-21)25-16-26(20-5-8-22(32)9-6-20)31(38-19(25)4)24-11-10-23(33)15-27(24)34/h5-16,37H,1,3H2,2,4H3/b30-13-. The Bertz CT molecular complexity index is 1590. The Hall–Kier alpha value is -3.44. The highest BCUT2D eigenvalue weighted by Crippen LogP contribution is 2.38. The van der Waals surface area contributed by atoms with Crippen LogP contribution in [0, 0.1) is 18.6 Å². The molecular weight excluding hydrogens is 545 g/mol. The van der Waals surface area contributed by atoms with Gasteiger partial charge in [-0.1, -0.05) is 66.2 Å². The molecule has 1 N–H and O–H groups in total. The largest absolute Gasteiger partial charge is 0.359 e. The Morgan fingerprint density at radius 1 is 0.842 bits per heavy atom. The van der Waals surface area contributed by atoms with Gasteiger partial charge < -0.3 is 5.32 Å². The monoisotopic (exact) mass is 566 g/mol. The van der Waals surface area contributed by atoms with Crippen molar-refractivity contribution in [1.82, 2.24) is 10.3 Å². The fourth-order valence-electron chi connectivity index (χ4n) is 3.98. The third-order valence-corrected chi connectivity index (χ3v) is 6.60. The van der Waals surface area contributed by atoms with Gasteiger partial charge in [0.1, 0.15) is 0 Å². The van der Waals surface area contributed by atoms with E-state index >= 15 is 0 Å². The number of nitrogens with one attached hydrogen (secondary N) is 1. The SMILES string of the molecule is C=C(C)N/C(=C\C(=C)c1ccc(F)c(F)c1)c1cc(-c2ccc(Cl)cc2)c(-c2ccc(Cl)cc2Cl)nc1C. The second kappa shape index (κ2) is 11.5. The number of aromatic nitrogens is 1. The molecular formula is C31H23Cl3F2N2. The molecule has 4 aromatic rings. The van der Waals surface area contributed by atoms with Crippen LogP contribution in [0.2, 0.25) is 15.1 Å². The van der Waals surface area contributed by atoms with Crippen molar-refractivity contribution in [2.45, 2.75) is 13.8 Å². The van der Waals surface area contributed by atoms with E-state index in [0.717, 1.165) is 34.4 Å². The molecule has 0 saturated heterocycles. The van der Waals surface area contributed by atoms with Crippen molar-refractivity contribution in [2.75, 3.05) is 0 Å². The number of pyridine rings is 1. The topological polar surface area (TPSA) is 24.9 Å². The molecule has 3 aromatic carbocycles. The lowest BCUT2D eigenvalue weighted by molar-refractivity contribution is 0.508. The average Bonchev–Trinajstić information content (AvgIpc) is 2.85. The summed E-state index contributed by atoms with van der Waals surface area (Å²) in [6, 6.07) is 18.3. The maximum absolute atomic E-state index is 13.9. The molecule has 192 valence electrons. The highest BCUT2D eigenvalue weighted by atomic mass is 35.5. The van der Waals surface area contributed by atoms with Crippen molar-refractivity contribution in [3.05, 3.63) is 135 Å². The Morgan fingerprint density at radius 3 is 2.16 bits per heavy atom. The van der Waals surface area contributed by atoms with Crippen molar-refractivity contribution in [3.8, 4) is 22.4 Å². The Morgan fingerprint density at radius 2 is 1.53 bits per heavy atom. The van der Waals surface area contributed by atoms with Gasteiger partial charge in [0.15, 0.2) is 11.6 Å². The van der Waals surface area contributed by atoms with Crippen LogP contribution in [0.1, 0.15) is 23.7 Å². The van der Waals surface area contributed by atoms with Gasteiger partial charge in [0.25, 0.3) is 0 Å². The molecule has 0 atom stereocenters. The molecule has 0 radical (unpaired) electrons. The van der Waals surface area contributed by atoms with Gasteiger partial charge in [-0.05, 0) is 85.2 Å². The minimum Gasteiger partial charge on any atom is -0.359 e. The summed E-state index contributed by atoms with van der Waals surface area (Å²) in [6.45, 7) is 11.7. The van der Waals surface area contributed by atoms with E-state index in [2.05, 4.69) is 18.5 Å². The number of halogens is 5. The van der Waals surface area contributed by atoms with Crippen LogP contribution in [-0.4, -0.2) is 4.98 Å². The zero-order valence-corrected chi connectivity index (χ0v) is 22.9. The van der Waals surface area contributed by atoms with Crippen molar-refractivity contribution in [3.63, 3.8) is 0 Å². The predicted octanol–water partition coefficient (Wildman–Crippen LogP) is 10.1. The molecule has 0 aliphatic carbocycles. The first-order valence-corrected chi connectivity index (χ1v) is 12.7. The summed E-state index contributed by atoms with van der Waals surface area (Å²) in [4.78, 5) is 4.96. The average molecular weight is 568 g/mol. The van der Waals surface area contributed by atoms with E-state index in [0.29, 0.717) is 49.0 Å². The van der Waals surface area contributed by atoms with E-state index < -0.39 is 11.6 Å². The van der Waals surface area contributed by atoms with Gasteiger partial charge >= 0.3 is 0 Å². The van der Waals surface area contributed by atoms with Crippen LogP contribution in [0.25, 0.3) is 33.7 Å². The first-order valence-electron chi connectivity index (χ1n) is 11.6. The molecule has 0 unspecified atom stereocenters. The third kappa shape index (κ3) is 6.16. The molecule has 0 fully saturated rings. The van der Waals surface area contributed by atoms with E-state index in [-0.39, 0.29) is 0 Å². The highest BCUT2D eigenvalue weighted by molar-refractivity contribution is 6.36. The summed E-state index contributed by atoms with van der Waals surface area (Å²) in [5, 5.41) is 4.85. The normalized spacial score (nSPS) is 11.4. The predicted molar refractivity (Wildman–Crippen MR) is 156 cm³/mol. The Labute approximate surface area is 235 Å². The summed E-state index contributed by atoms with van der Waals surface area (Å²) in [6.07, 6.45) is 1.76. The molecule has 0 bridgehead atoms. The lowest BCUT2D eigenvalue weighted by Gasteiger charge is -2.19. The molecule has 0 saturated carbocycles. The molecule has 2 nitrogen and oxygen atoms in total. The lowest BCUT2D eigenvalue weighted by atomic mass is 9.94. The van der Waals surface area contributed by atoms with Gasteiger partial charge in [0.2, 0.25) is 0 Å². The molecule has 38 heavy (non-hydrogen) atoms. The Balaban J connectivity index is 1.93. The summed E-state index contributed by atoms with van der Waals surface area (Å²) in [7, 11) is 0. The molecule has 7 heteroatoms. The van der Waals surface area contributed by atoms with Gasteiger partial charge in [-0.3, -0.25) is 4.98 Å². The van der Waals surface area contributed by atoms with Crippen LogP contribution >= 0.6 is 34.8 Å². The number of allylic oxidation sites excluding steroid dienone is 3. The summed E-state index contributed by atoms with van der Waals surface area (Å²) in [5.74, 6) is -1.87. The number of benzene rings is 3. The van der Waals surface area contributed by atoms with E-state index in [1.165, 1.54) is 6.07 Å². The minimum absolute atomic E-state index is 0.443. The number of rotatable bonds is 7. The van der Waals surface area contributed by atoms with Crippen molar-refractivity contribution >= 4 is 46.1 Å². The molecule has 0 amide bonds. The molecule has 0 aliphatic rings. The molecule has 1 heterocycles. The molecule has 0 spiro atoms. The fourth-order valence-corrected chi connectivity index (χ4v) is 4.60. The number of hydrogen-bond donors (Lipinski definition) is 1. The van der Waals surface area contributed by atoms with Gasteiger partial charge in [-0.15, -0.1) is 0 Å². The van der Waals surface area contributed by atoms with E-state index in [4.69, 9.17) is 39.8 Å². The Kier molecular flexibility index (Phi) is 8.37. The molecule has 0 aliphatic heterocycles. The first-order chi connectivity index (χ1) is 18.0. The van der Waals surface area contributed by atoms with Gasteiger partial charge in [0, 0.05) is 43.8 Å². The zero-order valence-electron chi connectivity index (χ0n) is 20.7. The van der Waals surface area contributed by atoms with Crippen LogP contribution in [0.5, 0.6) is 0 Å². The van der Waals surface area contributed by atoms with Crippen LogP contribution in [0.4, 0.5) is 8.78 Å². The quantitative estimate of drug-likeness (QED) is 0.225. The number of hydrogen-bond acceptors (Lipinski definition) is 2. The molecule has 4 rings (SSSR count). The van der Waals surface area contributed by atoms with Crippen molar-refractivity contribution in [1.29, 1.82) is 0 Å². The fraction of sp³-hybridized carbons (Fsp3) is 0.0645. The van der Waals surface area contributed by atoms with Gasteiger partial charge in [-0.25, -0.2) is 8.78 Å². The highest BCUT2D eigenvalue weighted by Gasteiger charge is 2.18. The summed E-state index contributed by atoms with van der Waals surface area (Å²) < 4.78 is 27.4. The maximum atomic E-state index is 13.9. The van der Waals surface area contributed by atoms with E-state index in [1.54, 1.807) is 30.3 Å². The lowest BCUT2D eigenvalue weighted by Crippen LogP contribution is -2.11.